The number of hydrogen-bond acceptors (Lipinski definition) is 7. The summed E-state index contributed by atoms with van der Waals surface area (Å²) in [6.07, 6.45) is 2.93. The molecule has 27 heavy (non-hydrogen) atoms. The zero-order valence-electron chi connectivity index (χ0n) is 13.7. The minimum atomic E-state index is -2.90. The van der Waals surface area contributed by atoms with Crippen molar-refractivity contribution in [1.82, 2.24) is 25.0 Å². The van der Waals surface area contributed by atoms with Crippen molar-refractivity contribution in [2.75, 3.05) is 0 Å². The normalized spacial score (nSPS) is 10.8. The van der Waals surface area contributed by atoms with Crippen LogP contribution in [-0.2, 0) is 17.9 Å². The molecule has 1 N–H and O–H groups in total. The Bertz CT molecular complexity index is 957. The van der Waals surface area contributed by atoms with E-state index in [1.54, 1.807) is 6.07 Å². The second-order valence-electron chi connectivity index (χ2n) is 5.23. The highest BCUT2D eigenvalue weighted by atomic mass is 19.3. The summed E-state index contributed by atoms with van der Waals surface area (Å²) in [6.45, 7) is -3.12. The number of amides is 1. The van der Waals surface area contributed by atoms with Crippen molar-refractivity contribution in [2.45, 2.75) is 19.7 Å². The van der Waals surface area contributed by atoms with E-state index in [0.717, 1.165) is 4.57 Å². The highest BCUT2D eigenvalue weighted by Crippen LogP contribution is 2.14. The van der Waals surface area contributed by atoms with E-state index in [4.69, 9.17) is 0 Å². The fraction of sp³-hybridized carbons (Fsp3) is 0.188. The number of nitrogens with one attached hydrogen (secondary N) is 1. The Hall–Kier alpha value is -3.63. The third-order valence-corrected chi connectivity index (χ3v) is 3.39. The fourth-order valence-electron chi connectivity index (χ4n) is 2.17. The molecular weight excluding hydrogens is 364 g/mol. The maximum atomic E-state index is 12.1. The molecule has 0 saturated heterocycles. The maximum absolute atomic E-state index is 12.1. The van der Waals surface area contributed by atoms with Gasteiger partial charge in [0.2, 0.25) is 11.7 Å². The summed E-state index contributed by atoms with van der Waals surface area (Å²) in [7, 11) is 0. The van der Waals surface area contributed by atoms with Crippen LogP contribution in [0.3, 0.4) is 0 Å². The fourth-order valence-corrected chi connectivity index (χ4v) is 2.17. The molecule has 1 amide bonds. The third kappa shape index (κ3) is 4.71. The van der Waals surface area contributed by atoms with Gasteiger partial charge in [0.15, 0.2) is 5.82 Å². The van der Waals surface area contributed by atoms with Gasteiger partial charge in [0.05, 0.1) is 0 Å². The molecule has 9 nitrogen and oxygen atoms in total. The topological polar surface area (TPSA) is 112 Å². The molecule has 2 heterocycles. The van der Waals surface area contributed by atoms with Gasteiger partial charge in [0, 0.05) is 18.9 Å². The predicted octanol–water partition coefficient (Wildman–Crippen LogP) is 1.21. The van der Waals surface area contributed by atoms with Crippen LogP contribution in [-0.4, -0.2) is 32.2 Å². The number of carbonyl (C=O) groups is 1. The van der Waals surface area contributed by atoms with Crippen molar-refractivity contribution >= 4 is 5.91 Å². The van der Waals surface area contributed by atoms with Crippen molar-refractivity contribution in [3.63, 3.8) is 0 Å². The van der Waals surface area contributed by atoms with Crippen LogP contribution in [0, 0.1) is 0 Å². The average molecular weight is 377 g/mol. The molecule has 140 valence electrons. The lowest BCUT2D eigenvalue weighted by Gasteiger charge is -2.08. The van der Waals surface area contributed by atoms with E-state index < -0.39 is 18.3 Å². The second-order valence-corrected chi connectivity index (χ2v) is 5.23. The van der Waals surface area contributed by atoms with Crippen LogP contribution in [0.4, 0.5) is 8.78 Å². The third-order valence-electron chi connectivity index (χ3n) is 3.39. The Kier molecular flexibility index (Phi) is 5.50. The molecule has 0 aliphatic rings. The van der Waals surface area contributed by atoms with Crippen LogP contribution in [0.25, 0.3) is 11.6 Å². The lowest BCUT2D eigenvalue weighted by atomic mass is 10.2. The molecule has 2 aromatic heterocycles. The Labute approximate surface area is 150 Å². The Morgan fingerprint density at radius 2 is 1.93 bits per heavy atom. The van der Waals surface area contributed by atoms with Gasteiger partial charge in [-0.25, -0.2) is 19.3 Å². The summed E-state index contributed by atoms with van der Waals surface area (Å²) >= 11 is 0. The Morgan fingerprint density at radius 1 is 1.22 bits per heavy atom. The lowest BCUT2D eigenvalue weighted by molar-refractivity contribution is -0.121. The van der Waals surface area contributed by atoms with Gasteiger partial charge in [0.1, 0.15) is 12.3 Å². The highest BCUT2D eigenvalue weighted by Gasteiger charge is 2.17. The van der Waals surface area contributed by atoms with Gasteiger partial charge in [-0.3, -0.25) is 9.32 Å². The van der Waals surface area contributed by atoms with Crippen LogP contribution in [0.5, 0.6) is 5.75 Å². The summed E-state index contributed by atoms with van der Waals surface area (Å²) in [4.78, 5) is 31.8. The van der Waals surface area contributed by atoms with E-state index in [1.807, 2.05) is 0 Å². The number of halogens is 2. The average Bonchev–Trinajstić information content (AvgIpc) is 3.02. The lowest BCUT2D eigenvalue weighted by Crippen LogP contribution is -2.31. The van der Waals surface area contributed by atoms with E-state index in [0.29, 0.717) is 5.56 Å². The van der Waals surface area contributed by atoms with Gasteiger partial charge < -0.3 is 10.1 Å². The summed E-state index contributed by atoms with van der Waals surface area (Å²) in [5.41, 5.74) is 0.661. The molecule has 0 bridgehead atoms. The molecule has 0 atom stereocenters. The van der Waals surface area contributed by atoms with Crippen LogP contribution >= 0.6 is 0 Å². The number of alkyl halides is 2. The number of ether oxygens (including phenoxy) is 1. The molecule has 0 saturated carbocycles. The summed E-state index contributed by atoms with van der Waals surface area (Å²) < 4.78 is 34.1. The van der Waals surface area contributed by atoms with E-state index in [9.17, 15) is 18.4 Å². The van der Waals surface area contributed by atoms with Crippen LogP contribution in [0.1, 0.15) is 5.56 Å². The van der Waals surface area contributed by atoms with E-state index in [2.05, 4.69) is 29.7 Å². The van der Waals surface area contributed by atoms with Gasteiger partial charge in [0.25, 0.3) is 0 Å². The first-order chi connectivity index (χ1) is 13.0. The quantitative estimate of drug-likeness (QED) is 0.659. The largest absolute Gasteiger partial charge is 0.442 e. The number of aromatic nitrogens is 4. The first kappa shape index (κ1) is 18.2. The van der Waals surface area contributed by atoms with Gasteiger partial charge in [-0.15, -0.1) is 0 Å². The standard InChI is InChI=1S/C16H13F2N5O4/c17-15(18)26-11-4-2-10(3-5-11)8-21-12(24)9-23-14(22-27-16(23)25)13-19-6-1-7-20-13/h1-7,15H,8-9H2,(H,21,24). The van der Waals surface area contributed by atoms with Gasteiger partial charge in [-0.1, -0.05) is 17.3 Å². The Balaban J connectivity index is 1.62. The second kappa shape index (κ2) is 8.17. The van der Waals surface area contributed by atoms with Gasteiger partial charge >= 0.3 is 12.4 Å². The number of nitrogens with zero attached hydrogens (tertiary/aromatic N) is 4. The minimum Gasteiger partial charge on any atom is -0.435 e. The molecular formula is C16H13F2N5O4. The van der Waals surface area contributed by atoms with Crippen molar-refractivity contribution in [1.29, 1.82) is 0 Å². The number of carbonyl (C=O) groups excluding carboxylic acids is 1. The molecule has 11 heteroatoms. The Morgan fingerprint density at radius 3 is 2.59 bits per heavy atom. The van der Waals surface area contributed by atoms with Crippen LogP contribution < -0.4 is 15.8 Å². The highest BCUT2D eigenvalue weighted by molar-refractivity contribution is 5.76. The molecule has 3 aromatic rings. The number of benzene rings is 1. The van der Waals surface area contributed by atoms with E-state index >= 15 is 0 Å². The molecule has 3 rings (SSSR count). The molecule has 0 radical (unpaired) electrons. The summed E-state index contributed by atoms with van der Waals surface area (Å²) in [5, 5.41) is 6.19. The maximum Gasteiger partial charge on any atom is 0.442 e. The zero-order chi connectivity index (χ0) is 19.2. The van der Waals surface area contributed by atoms with Crippen LogP contribution in [0.15, 0.2) is 52.0 Å². The molecule has 0 aliphatic heterocycles. The van der Waals surface area contributed by atoms with Crippen molar-refractivity contribution < 1.29 is 22.8 Å². The smallest absolute Gasteiger partial charge is 0.435 e. The predicted molar refractivity (Wildman–Crippen MR) is 86.7 cm³/mol. The molecule has 0 unspecified atom stereocenters. The molecule has 1 aromatic carbocycles. The van der Waals surface area contributed by atoms with E-state index in [1.165, 1.54) is 36.7 Å². The van der Waals surface area contributed by atoms with E-state index in [-0.39, 0.29) is 30.5 Å². The first-order valence-electron chi connectivity index (χ1n) is 7.67. The molecule has 0 aliphatic carbocycles. The van der Waals surface area contributed by atoms with Crippen molar-refractivity contribution in [3.05, 3.63) is 58.8 Å². The van der Waals surface area contributed by atoms with Crippen molar-refractivity contribution in [2.24, 2.45) is 0 Å². The summed E-state index contributed by atoms with van der Waals surface area (Å²) in [5.74, 6) is -1.11. The SMILES string of the molecule is O=C(Cn1c(-c2ncccn2)noc1=O)NCc1ccc(OC(F)F)cc1. The summed E-state index contributed by atoms with van der Waals surface area (Å²) in [6, 6.07) is 7.39. The zero-order valence-corrected chi connectivity index (χ0v) is 13.7. The van der Waals surface area contributed by atoms with Gasteiger partial charge in [-0.2, -0.15) is 8.78 Å². The van der Waals surface area contributed by atoms with Gasteiger partial charge in [-0.05, 0) is 23.8 Å². The minimum absolute atomic E-state index is 0.0172. The number of hydrogen-bond donors (Lipinski definition) is 1. The first-order valence-corrected chi connectivity index (χ1v) is 7.67. The number of rotatable bonds is 7. The monoisotopic (exact) mass is 377 g/mol. The molecule has 0 spiro atoms. The van der Waals surface area contributed by atoms with Crippen molar-refractivity contribution in [3.8, 4) is 17.4 Å². The molecule has 0 fully saturated rings. The van der Waals surface area contributed by atoms with Crippen LogP contribution in [0.2, 0.25) is 0 Å².